The Morgan fingerprint density at radius 1 is 1.20 bits per heavy atom. The molecular formula is C15H18N4O. The summed E-state index contributed by atoms with van der Waals surface area (Å²) in [6.45, 7) is 0.711. The van der Waals surface area contributed by atoms with Gasteiger partial charge in [0.05, 0.1) is 7.11 Å². The van der Waals surface area contributed by atoms with E-state index in [9.17, 15) is 0 Å². The van der Waals surface area contributed by atoms with Gasteiger partial charge in [0.2, 0.25) is 5.88 Å². The van der Waals surface area contributed by atoms with Crippen molar-refractivity contribution >= 4 is 5.82 Å². The highest BCUT2D eigenvalue weighted by atomic mass is 16.5. The van der Waals surface area contributed by atoms with Crippen molar-refractivity contribution in [2.75, 3.05) is 12.4 Å². The number of fused-ring (bicyclic) bond motifs is 1. The SMILES string of the molecule is COc1cc(CNc2ncnc3c2CCCC3)ccn1. The maximum Gasteiger partial charge on any atom is 0.213 e. The second-order valence-electron chi connectivity index (χ2n) is 4.91. The van der Waals surface area contributed by atoms with Crippen molar-refractivity contribution < 1.29 is 4.74 Å². The normalized spacial score (nSPS) is 13.7. The largest absolute Gasteiger partial charge is 0.481 e. The summed E-state index contributed by atoms with van der Waals surface area (Å²) < 4.78 is 5.13. The molecule has 0 aliphatic heterocycles. The molecular weight excluding hydrogens is 252 g/mol. The molecule has 1 aliphatic carbocycles. The Morgan fingerprint density at radius 2 is 2.10 bits per heavy atom. The molecule has 0 fully saturated rings. The van der Waals surface area contributed by atoms with Crippen LogP contribution in [0.4, 0.5) is 5.82 Å². The topological polar surface area (TPSA) is 59.9 Å². The maximum absolute atomic E-state index is 5.13. The van der Waals surface area contributed by atoms with E-state index < -0.39 is 0 Å². The first kappa shape index (κ1) is 12.8. The molecule has 1 N–H and O–H groups in total. The molecule has 0 unspecified atom stereocenters. The fourth-order valence-electron chi connectivity index (χ4n) is 2.53. The molecule has 0 bridgehead atoms. The minimum atomic E-state index is 0.633. The van der Waals surface area contributed by atoms with Crippen LogP contribution in [0.5, 0.6) is 5.88 Å². The first-order valence-corrected chi connectivity index (χ1v) is 6.92. The van der Waals surface area contributed by atoms with E-state index in [0.717, 1.165) is 24.2 Å². The molecule has 104 valence electrons. The summed E-state index contributed by atoms with van der Waals surface area (Å²) in [7, 11) is 1.63. The molecule has 3 rings (SSSR count). The number of aromatic nitrogens is 3. The first-order chi connectivity index (χ1) is 9.86. The first-order valence-electron chi connectivity index (χ1n) is 6.92. The molecule has 1 aliphatic rings. The van der Waals surface area contributed by atoms with Gasteiger partial charge in [-0.15, -0.1) is 0 Å². The fourth-order valence-corrected chi connectivity index (χ4v) is 2.53. The Morgan fingerprint density at radius 3 is 3.00 bits per heavy atom. The Balaban J connectivity index is 1.75. The Hall–Kier alpha value is -2.17. The number of methoxy groups -OCH3 is 1. The summed E-state index contributed by atoms with van der Waals surface area (Å²) >= 11 is 0. The predicted molar refractivity (Wildman–Crippen MR) is 76.8 cm³/mol. The molecule has 2 aromatic heterocycles. The molecule has 0 spiro atoms. The summed E-state index contributed by atoms with van der Waals surface area (Å²) in [5.74, 6) is 1.60. The van der Waals surface area contributed by atoms with E-state index in [0.29, 0.717) is 12.4 Å². The van der Waals surface area contributed by atoms with Crippen LogP contribution in [-0.4, -0.2) is 22.1 Å². The monoisotopic (exact) mass is 270 g/mol. The minimum absolute atomic E-state index is 0.633. The van der Waals surface area contributed by atoms with Crippen molar-refractivity contribution in [3.8, 4) is 5.88 Å². The van der Waals surface area contributed by atoms with Crippen molar-refractivity contribution in [2.24, 2.45) is 0 Å². The van der Waals surface area contributed by atoms with Gasteiger partial charge in [-0.2, -0.15) is 0 Å². The summed E-state index contributed by atoms with van der Waals surface area (Å²) in [5, 5.41) is 3.41. The number of nitrogens with zero attached hydrogens (tertiary/aromatic N) is 3. The van der Waals surface area contributed by atoms with Crippen LogP contribution in [0, 0.1) is 0 Å². The molecule has 0 saturated heterocycles. The predicted octanol–water partition coefficient (Wildman–Crippen LogP) is 2.37. The summed E-state index contributed by atoms with van der Waals surface area (Å²) in [4.78, 5) is 12.9. The molecule has 0 radical (unpaired) electrons. The number of anilines is 1. The van der Waals surface area contributed by atoms with E-state index in [1.807, 2.05) is 12.1 Å². The van der Waals surface area contributed by atoms with Crippen LogP contribution in [-0.2, 0) is 19.4 Å². The average molecular weight is 270 g/mol. The number of ether oxygens (including phenoxy) is 1. The number of pyridine rings is 1. The lowest BCUT2D eigenvalue weighted by Crippen LogP contribution is -2.12. The summed E-state index contributed by atoms with van der Waals surface area (Å²) in [5.41, 5.74) is 3.60. The van der Waals surface area contributed by atoms with E-state index in [1.54, 1.807) is 19.6 Å². The molecule has 5 heteroatoms. The molecule has 0 atom stereocenters. The molecule has 5 nitrogen and oxygen atoms in total. The summed E-state index contributed by atoms with van der Waals surface area (Å²) in [6, 6.07) is 3.91. The zero-order valence-corrected chi connectivity index (χ0v) is 11.6. The van der Waals surface area contributed by atoms with Crippen molar-refractivity contribution in [1.29, 1.82) is 0 Å². The van der Waals surface area contributed by atoms with Crippen LogP contribution in [0.1, 0.15) is 29.7 Å². The van der Waals surface area contributed by atoms with Crippen LogP contribution in [0.3, 0.4) is 0 Å². The van der Waals surface area contributed by atoms with E-state index in [2.05, 4.69) is 20.3 Å². The quantitative estimate of drug-likeness (QED) is 0.924. The second-order valence-corrected chi connectivity index (χ2v) is 4.91. The van der Waals surface area contributed by atoms with Crippen LogP contribution in [0.25, 0.3) is 0 Å². The zero-order valence-electron chi connectivity index (χ0n) is 11.6. The molecule has 0 aromatic carbocycles. The van der Waals surface area contributed by atoms with Crippen molar-refractivity contribution in [3.63, 3.8) is 0 Å². The average Bonchev–Trinajstić information content (AvgIpc) is 2.53. The molecule has 0 saturated carbocycles. The molecule has 20 heavy (non-hydrogen) atoms. The van der Waals surface area contributed by atoms with Gasteiger partial charge in [-0.05, 0) is 37.3 Å². The van der Waals surface area contributed by atoms with Crippen molar-refractivity contribution in [3.05, 3.63) is 41.5 Å². The van der Waals surface area contributed by atoms with Crippen LogP contribution < -0.4 is 10.1 Å². The van der Waals surface area contributed by atoms with E-state index >= 15 is 0 Å². The van der Waals surface area contributed by atoms with Gasteiger partial charge in [0.1, 0.15) is 12.1 Å². The third kappa shape index (κ3) is 2.71. The lowest BCUT2D eigenvalue weighted by molar-refractivity contribution is 0.397. The molecule has 2 heterocycles. The maximum atomic E-state index is 5.13. The lowest BCUT2D eigenvalue weighted by atomic mass is 9.96. The van der Waals surface area contributed by atoms with E-state index in [1.165, 1.54) is 24.1 Å². The smallest absolute Gasteiger partial charge is 0.213 e. The number of aryl methyl sites for hydroxylation is 1. The van der Waals surface area contributed by atoms with Gasteiger partial charge >= 0.3 is 0 Å². The van der Waals surface area contributed by atoms with Gasteiger partial charge in [-0.25, -0.2) is 15.0 Å². The van der Waals surface area contributed by atoms with Gasteiger partial charge in [-0.1, -0.05) is 0 Å². The second kappa shape index (κ2) is 5.86. The standard InChI is InChI=1S/C15H18N4O/c1-20-14-8-11(6-7-16-14)9-17-15-12-4-2-3-5-13(12)18-10-19-15/h6-8,10H,2-5,9H2,1H3,(H,17,18,19). The van der Waals surface area contributed by atoms with Crippen molar-refractivity contribution in [2.45, 2.75) is 32.2 Å². The van der Waals surface area contributed by atoms with Gasteiger partial charge in [0.15, 0.2) is 0 Å². The third-order valence-corrected chi connectivity index (χ3v) is 3.59. The minimum Gasteiger partial charge on any atom is -0.481 e. The highest BCUT2D eigenvalue weighted by Gasteiger charge is 2.15. The van der Waals surface area contributed by atoms with Gasteiger partial charge < -0.3 is 10.1 Å². The number of hydrogen-bond donors (Lipinski definition) is 1. The molecule has 2 aromatic rings. The van der Waals surface area contributed by atoms with Crippen LogP contribution in [0.15, 0.2) is 24.7 Å². The molecule has 0 amide bonds. The lowest BCUT2D eigenvalue weighted by Gasteiger charge is -2.18. The zero-order chi connectivity index (χ0) is 13.8. The van der Waals surface area contributed by atoms with Gasteiger partial charge in [0, 0.05) is 30.1 Å². The fraction of sp³-hybridized carbons (Fsp3) is 0.400. The van der Waals surface area contributed by atoms with Crippen LogP contribution in [0.2, 0.25) is 0 Å². The van der Waals surface area contributed by atoms with E-state index in [-0.39, 0.29) is 0 Å². The number of rotatable bonds is 4. The van der Waals surface area contributed by atoms with Crippen LogP contribution >= 0.6 is 0 Å². The Kier molecular flexibility index (Phi) is 3.76. The number of hydrogen-bond acceptors (Lipinski definition) is 5. The van der Waals surface area contributed by atoms with Gasteiger partial charge in [0.25, 0.3) is 0 Å². The Labute approximate surface area is 118 Å². The Bertz CT molecular complexity index is 600. The van der Waals surface area contributed by atoms with Gasteiger partial charge in [-0.3, -0.25) is 0 Å². The number of nitrogens with one attached hydrogen (secondary N) is 1. The summed E-state index contributed by atoms with van der Waals surface area (Å²) in [6.07, 6.45) is 7.99. The van der Waals surface area contributed by atoms with E-state index in [4.69, 9.17) is 4.74 Å². The van der Waals surface area contributed by atoms with Crippen molar-refractivity contribution in [1.82, 2.24) is 15.0 Å². The highest BCUT2D eigenvalue weighted by Crippen LogP contribution is 2.24. The third-order valence-electron chi connectivity index (χ3n) is 3.59. The highest BCUT2D eigenvalue weighted by molar-refractivity contribution is 5.47.